The van der Waals surface area contributed by atoms with E-state index in [2.05, 4.69) is 105 Å². The van der Waals surface area contributed by atoms with E-state index in [1.807, 2.05) is 0 Å². The highest BCUT2D eigenvalue weighted by molar-refractivity contribution is 5.99. The van der Waals surface area contributed by atoms with E-state index in [-0.39, 0.29) is 0 Å². The molecule has 0 nitrogen and oxygen atoms in total. The topological polar surface area (TPSA) is 0 Å². The molecule has 1 aliphatic carbocycles. The lowest BCUT2D eigenvalue weighted by atomic mass is 9.84. The third-order valence-corrected chi connectivity index (χ3v) is 5.18. The molecule has 3 aromatic carbocycles. The molecule has 25 heavy (non-hydrogen) atoms. The summed E-state index contributed by atoms with van der Waals surface area (Å²) in [7, 11) is 0. The van der Waals surface area contributed by atoms with Crippen LogP contribution in [0.5, 0.6) is 0 Å². The summed E-state index contributed by atoms with van der Waals surface area (Å²) in [6.07, 6.45) is 0. The zero-order valence-corrected chi connectivity index (χ0v) is 14.7. The first-order valence-electron chi connectivity index (χ1n) is 8.85. The molecule has 0 amide bonds. The molecule has 0 heteroatoms. The number of hydrogen-bond donors (Lipinski definition) is 0. The van der Waals surface area contributed by atoms with Crippen LogP contribution >= 0.6 is 0 Å². The van der Waals surface area contributed by atoms with Crippen molar-refractivity contribution in [3.05, 3.63) is 119 Å². The molecule has 3 aromatic rings. The highest BCUT2D eigenvalue weighted by Gasteiger charge is 2.31. The van der Waals surface area contributed by atoms with Crippen LogP contribution in [0.4, 0.5) is 0 Å². The largest absolute Gasteiger partial charge is 0.0622 e. The lowest BCUT2D eigenvalue weighted by molar-refractivity contribution is 1.03. The van der Waals surface area contributed by atoms with Gasteiger partial charge >= 0.3 is 0 Å². The molecule has 0 fully saturated rings. The Morgan fingerprint density at radius 2 is 1.04 bits per heavy atom. The first-order chi connectivity index (χ1) is 12.3. The van der Waals surface area contributed by atoms with Crippen LogP contribution in [0.2, 0.25) is 0 Å². The monoisotopic (exact) mass is 322 g/mol. The van der Waals surface area contributed by atoms with Gasteiger partial charge in [0.25, 0.3) is 0 Å². The molecule has 122 valence electrons. The Labute approximate surface area is 150 Å². The first-order valence-corrected chi connectivity index (χ1v) is 8.85. The van der Waals surface area contributed by atoms with E-state index < -0.39 is 0 Å². The van der Waals surface area contributed by atoms with E-state index in [1.165, 1.54) is 39.0 Å². The first kappa shape index (κ1) is 15.7. The van der Waals surface area contributed by atoms with Gasteiger partial charge in [-0.2, -0.15) is 0 Å². The molecule has 0 aliphatic heterocycles. The molecular weight excluding hydrogens is 300 g/mol. The predicted molar refractivity (Wildman–Crippen MR) is 107 cm³/mol. The molecule has 0 saturated carbocycles. The van der Waals surface area contributed by atoms with Gasteiger partial charge in [-0.25, -0.2) is 0 Å². The summed E-state index contributed by atoms with van der Waals surface area (Å²) in [4.78, 5) is 0. The highest BCUT2D eigenvalue weighted by Crippen LogP contribution is 2.51. The van der Waals surface area contributed by atoms with Gasteiger partial charge in [0.1, 0.15) is 0 Å². The summed E-state index contributed by atoms with van der Waals surface area (Å²) < 4.78 is 0. The Kier molecular flexibility index (Phi) is 4.11. The third-order valence-electron chi connectivity index (χ3n) is 5.18. The number of benzene rings is 3. The Morgan fingerprint density at radius 1 is 0.560 bits per heavy atom. The second-order valence-electron chi connectivity index (χ2n) is 6.67. The summed E-state index contributed by atoms with van der Waals surface area (Å²) >= 11 is 0. The Morgan fingerprint density at radius 3 is 1.60 bits per heavy atom. The normalized spacial score (nSPS) is 17.3. The number of hydrogen-bond acceptors (Lipinski definition) is 0. The molecule has 0 heterocycles. The van der Waals surface area contributed by atoms with Gasteiger partial charge in [-0.1, -0.05) is 96.6 Å². The van der Waals surface area contributed by atoms with Gasteiger partial charge in [0, 0.05) is 5.92 Å². The van der Waals surface area contributed by atoms with Crippen LogP contribution in [-0.2, 0) is 0 Å². The summed E-state index contributed by atoms with van der Waals surface area (Å²) in [5, 5.41) is 0. The van der Waals surface area contributed by atoms with E-state index in [4.69, 9.17) is 0 Å². The Hall–Kier alpha value is -2.86. The lowest BCUT2D eigenvalue weighted by Crippen LogP contribution is -2.01. The van der Waals surface area contributed by atoms with Crippen molar-refractivity contribution in [3.63, 3.8) is 0 Å². The van der Waals surface area contributed by atoms with Crippen molar-refractivity contribution >= 4 is 11.1 Å². The maximum Gasteiger partial charge on any atom is 0.0314 e. The minimum absolute atomic E-state index is 0.318. The fourth-order valence-electron chi connectivity index (χ4n) is 4.12. The molecule has 4 rings (SSSR count). The molecule has 1 aliphatic rings. The quantitative estimate of drug-likeness (QED) is 0.501. The average molecular weight is 322 g/mol. The second kappa shape index (κ2) is 6.57. The van der Waals surface area contributed by atoms with Crippen molar-refractivity contribution in [2.45, 2.75) is 19.8 Å². The van der Waals surface area contributed by atoms with Crippen LogP contribution in [-0.4, -0.2) is 0 Å². The van der Waals surface area contributed by atoms with E-state index in [1.54, 1.807) is 0 Å². The van der Waals surface area contributed by atoms with Gasteiger partial charge < -0.3 is 0 Å². The molecule has 0 saturated heterocycles. The average Bonchev–Trinajstić information content (AvgIpc) is 2.94. The van der Waals surface area contributed by atoms with Gasteiger partial charge in [-0.3, -0.25) is 0 Å². The van der Waals surface area contributed by atoms with Crippen molar-refractivity contribution in [2.75, 3.05) is 0 Å². The number of rotatable bonds is 3. The van der Waals surface area contributed by atoms with Crippen LogP contribution in [0.1, 0.15) is 36.5 Å². The van der Waals surface area contributed by atoms with E-state index in [0.29, 0.717) is 5.92 Å². The summed E-state index contributed by atoms with van der Waals surface area (Å²) in [5.74, 6) is 0.318. The van der Waals surface area contributed by atoms with Crippen molar-refractivity contribution < 1.29 is 0 Å². The van der Waals surface area contributed by atoms with Gasteiger partial charge in [0.2, 0.25) is 0 Å². The molecule has 1 unspecified atom stereocenters. The van der Waals surface area contributed by atoms with Crippen molar-refractivity contribution in [1.29, 1.82) is 0 Å². The zero-order valence-electron chi connectivity index (χ0n) is 14.7. The number of allylic oxidation sites excluding steroid dienone is 4. The highest BCUT2D eigenvalue weighted by atomic mass is 14.3. The molecule has 1 atom stereocenters. The van der Waals surface area contributed by atoms with E-state index in [9.17, 15) is 0 Å². The molecule has 0 radical (unpaired) electrons. The molecule has 0 spiro atoms. The standard InChI is InChI=1S/C25H22/c1-18-23(20-12-6-3-7-13-20)19(2)25(22-16-10-5-11-17-22)24(18)21-14-8-4-9-15-21/h3-17,24H,1-2H3. The lowest BCUT2D eigenvalue weighted by Gasteiger charge is -2.19. The zero-order chi connectivity index (χ0) is 17.2. The van der Waals surface area contributed by atoms with Gasteiger partial charge in [0.15, 0.2) is 0 Å². The van der Waals surface area contributed by atoms with Crippen LogP contribution in [0.25, 0.3) is 11.1 Å². The van der Waals surface area contributed by atoms with Crippen molar-refractivity contribution in [2.24, 2.45) is 0 Å². The fraction of sp³-hybridized carbons (Fsp3) is 0.120. The van der Waals surface area contributed by atoms with Gasteiger partial charge in [-0.15, -0.1) is 0 Å². The Balaban J connectivity index is 1.95. The minimum atomic E-state index is 0.318. The van der Waals surface area contributed by atoms with Gasteiger partial charge in [0.05, 0.1) is 0 Å². The summed E-state index contributed by atoms with van der Waals surface area (Å²) in [6.45, 7) is 4.57. The molecular formula is C25H22. The molecule has 0 N–H and O–H groups in total. The molecule has 0 aromatic heterocycles. The smallest absolute Gasteiger partial charge is 0.0314 e. The minimum Gasteiger partial charge on any atom is -0.0622 e. The van der Waals surface area contributed by atoms with Crippen LogP contribution in [0.15, 0.2) is 102 Å². The SMILES string of the molecule is CC1=C(c2ccccc2)C(c2ccccc2)C(C)=C1c1ccccc1. The van der Waals surface area contributed by atoms with Crippen LogP contribution in [0.3, 0.4) is 0 Å². The third kappa shape index (κ3) is 2.74. The predicted octanol–water partition coefficient (Wildman–Crippen LogP) is 6.73. The van der Waals surface area contributed by atoms with Gasteiger partial charge in [-0.05, 0) is 47.3 Å². The second-order valence-corrected chi connectivity index (χ2v) is 6.67. The van der Waals surface area contributed by atoms with E-state index in [0.717, 1.165) is 0 Å². The Bertz CT molecular complexity index is 929. The van der Waals surface area contributed by atoms with Crippen LogP contribution < -0.4 is 0 Å². The fourth-order valence-corrected chi connectivity index (χ4v) is 4.12. The molecule has 0 bridgehead atoms. The summed E-state index contributed by atoms with van der Waals surface area (Å²) in [5.41, 5.74) is 9.65. The van der Waals surface area contributed by atoms with Crippen LogP contribution in [0, 0.1) is 0 Å². The maximum absolute atomic E-state index is 2.29. The maximum atomic E-state index is 2.29. The van der Waals surface area contributed by atoms with Crippen molar-refractivity contribution in [1.82, 2.24) is 0 Å². The summed E-state index contributed by atoms with van der Waals surface area (Å²) in [6, 6.07) is 32.5. The van der Waals surface area contributed by atoms with Crippen molar-refractivity contribution in [3.8, 4) is 0 Å². The van der Waals surface area contributed by atoms with E-state index >= 15 is 0 Å².